The van der Waals surface area contributed by atoms with Crippen LogP contribution in [0, 0.1) is 31.6 Å². The molecule has 0 spiro atoms. The fourth-order valence-electron chi connectivity index (χ4n) is 4.82. The van der Waals surface area contributed by atoms with Gasteiger partial charge in [-0.1, -0.05) is 25.7 Å². The molecule has 120 valence electrons. The molecule has 2 saturated carbocycles. The second kappa shape index (κ2) is 5.60. The zero-order chi connectivity index (χ0) is 15.3. The van der Waals surface area contributed by atoms with Crippen LogP contribution in [0.1, 0.15) is 52.5 Å². The van der Waals surface area contributed by atoms with Gasteiger partial charge >= 0.3 is 0 Å². The number of fused-ring (bicyclic) bond motifs is 1. The molecule has 1 aromatic heterocycles. The average molecular weight is 320 g/mol. The Morgan fingerprint density at radius 3 is 2.73 bits per heavy atom. The highest BCUT2D eigenvalue weighted by Gasteiger charge is 2.57. The summed E-state index contributed by atoms with van der Waals surface area (Å²) in [6, 6.07) is 0.310. The van der Waals surface area contributed by atoms with Gasteiger partial charge in [0.15, 0.2) is 0 Å². The third-order valence-corrected chi connectivity index (χ3v) is 6.86. The highest BCUT2D eigenvalue weighted by Crippen LogP contribution is 2.51. The molecular weight excluding hydrogens is 296 g/mol. The zero-order valence-corrected chi connectivity index (χ0v) is 14.1. The maximum atomic E-state index is 12.6. The van der Waals surface area contributed by atoms with Crippen molar-refractivity contribution in [1.82, 2.24) is 10.3 Å². The molecule has 2 heterocycles. The quantitative estimate of drug-likeness (QED) is 0.931. The smallest absolute Gasteiger partial charge is 0.263 e. The highest BCUT2D eigenvalue weighted by molar-refractivity contribution is 7.13. The number of amides is 1. The van der Waals surface area contributed by atoms with Crippen LogP contribution in [-0.4, -0.2) is 29.6 Å². The number of hydrogen-bond donors (Lipinski definition) is 1. The largest absolute Gasteiger partial charge is 0.377 e. The Bertz CT molecular complexity index is 574. The molecule has 4 atom stereocenters. The third-order valence-electron chi connectivity index (χ3n) is 5.79. The predicted molar refractivity (Wildman–Crippen MR) is 86.1 cm³/mol. The Hall–Kier alpha value is -0.940. The molecule has 0 unspecified atom stereocenters. The predicted octanol–water partition coefficient (Wildman–Crippen LogP) is 3.08. The molecule has 3 fully saturated rings. The van der Waals surface area contributed by atoms with Gasteiger partial charge < -0.3 is 10.1 Å². The molecule has 1 saturated heterocycles. The van der Waals surface area contributed by atoms with Crippen LogP contribution >= 0.6 is 11.3 Å². The summed E-state index contributed by atoms with van der Waals surface area (Å²) in [4.78, 5) is 17.8. The van der Waals surface area contributed by atoms with Crippen molar-refractivity contribution in [2.75, 3.05) is 6.61 Å². The molecule has 1 N–H and O–H groups in total. The van der Waals surface area contributed by atoms with E-state index in [-0.39, 0.29) is 5.91 Å². The molecule has 4 rings (SSSR count). The van der Waals surface area contributed by atoms with Crippen LogP contribution in [0.2, 0.25) is 0 Å². The molecule has 0 radical (unpaired) electrons. The second-order valence-corrected chi connectivity index (χ2v) is 8.26. The molecule has 4 nitrogen and oxygen atoms in total. The number of nitrogens with one attached hydrogen (secondary N) is 1. The lowest BCUT2D eigenvalue weighted by molar-refractivity contribution is -0.0784. The maximum absolute atomic E-state index is 12.6. The standard InChI is InChI=1S/C17H24N2O2S/c1-9-16(22-10(2)18-9)17(20)19-14-12-7-8-21-15(12)13(14)11-5-3-4-6-11/h11-15H,3-8H2,1-2H3,(H,19,20)/t12-,13+,14-,15-/m0/s1. The van der Waals surface area contributed by atoms with Gasteiger partial charge in [-0.25, -0.2) is 4.98 Å². The zero-order valence-electron chi connectivity index (χ0n) is 13.3. The van der Waals surface area contributed by atoms with Crippen molar-refractivity contribution in [2.24, 2.45) is 17.8 Å². The number of aromatic nitrogens is 1. The summed E-state index contributed by atoms with van der Waals surface area (Å²) >= 11 is 1.50. The second-order valence-electron chi connectivity index (χ2n) is 7.06. The van der Waals surface area contributed by atoms with Gasteiger partial charge in [-0.3, -0.25) is 4.79 Å². The van der Waals surface area contributed by atoms with Gasteiger partial charge in [-0.05, 0) is 26.2 Å². The Balaban J connectivity index is 1.50. The molecular formula is C17H24N2O2S. The summed E-state index contributed by atoms with van der Waals surface area (Å²) in [5, 5.41) is 4.30. The van der Waals surface area contributed by atoms with Gasteiger partial charge in [0.1, 0.15) is 4.88 Å². The van der Waals surface area contributed by atoms with Crippen LogP contribution in [-0.2, 0) is 4.74 Å². The van der Waals surface area contributed by atoms with Gasteiger partial charge in [0, 0.05) is 24.5 Å². The van der Waals surface area contributed by atoms with Crippen molar-refractivity contribution < 1.29 is 9.53 Å². The van der Waals surface area contributed by atoms with E-state index < -0.39 is 0 Å². The first-order chi connectivity index (χ1) is 10.6. The lowest BCUT2D eigenvalue weighted by Gasteiger charge is -2.50. The summed E-state index contributed by atoms with van der Waals surface area (Å²) in [5.74, 6) is 1.88. The first-order valence-electron chi connectivity index (χ1n) is 8.51. The number of thiazole rings is 1. The minimum absolute atomic E-state index is 0.0708. The third kappa shape index (κ3) is 2.29. The van der Waals surface area contributed by atoms with Crippen molar-refractivity contribution in [1.29, 1.82) is 0 Å². The summed E-state index contributed by atoms with van der Waals surface area (Å²) in [6.45, 7) is 4.75. The molecule has 0 aromatic carbocycles. The average Bonchev–Trinajstić information content (AvgIpc) is 3.18. The molecule has 1 aromatic rings. The molecule has 1 aliphatic heterocycles. The van der Waals surface area contributed by atoms with Crippen LogP contribution in [0.4, 0.5) is 0 Å². The molecule has 22 heavy (non-hydrogen) atoms. The number of aryl methyl sites for hydroxylation is 2. The lowest BCUT2D eigenvalue weighted by atomic mass is 9.61. The fraction of sp³-hybridized carbons (Fsp3) is 0.765. The van der Waals surface area contributed by atoms with Crippen LogP contribution < -0.4 is 5.32 Å². The van der Waals surface area contributed by atoms with E-state index in [1.54, 1.807) is 0 Å². The molecule has 2 aliphatic carbocycles. The van der Waals surface area contributed by atoms with Gasteiger partial charge in [0.05, 0.1) is 16.8 Å². The summed E-state index contributed by atoms with van der Waals surface area (Å²) < 4.78 is 5.96. The van der Waals surface area contributed by atoms with Gasteiger partial charge in [0.25, 0.3) is 5.91 Å². The fourth-order valence-corrected chi connectivity index (χ4v) is 5.64. The van der Waals surface area contributed by atoms with Crippen molar-refractivity contribution in [3.63, 3.8) is 0 Å². The van der Waals surface area contributed by atoms with E-state index in [0.717, 1.165) is 34.5 Å². The number of ether oxygens (including phenoxy) is 1. The maximum Gasteiger partial charge on any atom is 0.263 e. The van der Waals surface area contributed by atoms with Gasteiger partial charge in [-0.15, -0.1) is 11.3 Å². The van der Waals surface area contributed by atoms with Crippen molar-refractivity contribution in [3.8, 4) is 0 Å². The van der Waals surface area contributed by atoms with Gasteiger partial charge in [0.2, 0.25) is 0 Å². The van der Waals surface area contributed by atoms with E-state index in [1.807, 2.05) is 13.8 Å². The number of hydrogen-bond acceptors (Lipinski definition) is 4. The minimum atomic E-state index is 0.0708. The van der Waals surface area contributed by atoms with Crippen LogP contribution in [0.25, 0.3) is 0 Å². The highest BCUT2D eigenvalue weighted by atomic mass is 32.1. The van der Waals surface area contributed by atoms with E-state index in [4.69, 9.17) is 4.74 Å². The Labute approximate surface area is 135 Å². The number of rotatable bonds is 3. The van der Waals surface area contributed by atoms with Crippen molar-refractivity contribution in [3.05, 3.63) is 15.6 Å². The Morgan fingerprint density at radius 1 is 1.27 bits per heavy atom. The number of carbonyl (C=O) groups excluding carboxylic acids is 1. The van der Waals surface area contributed by atoms with Crippen molar-refractivity contribution >= 4 is 17.2 Å². The summed E-state index contributed by atoms with van der Waals surface area (Å²) in [5.41, 5.74) is 0.857. The topological polar surface area (TPSA) is 51.2 Å². The Kier molecular flexibility index (Phi) is 3.73. The van der Waals surface area contributed by atoms with Crippen LogP contribution in [0.15, 0.2) is 0 Å². The number of nitrogens with zero attached hydrogens (tertiary/aromatic N) is 1. The molecule has 5 heteroatoms. The SMILES string of the molecule is Cc1nc(C)c(C(=O)N[C@H]2[C@@H]3CCO[C@@H]3[C@@H]2C2CCCC2)s1. The van der Waals surface area contributed by atoms with E-state index in [9.17, 15) is 4.79 Å². The molecule has 3 aliphatic rings. The summed E-state index contributed by atoms with van der Waals surface area (Å²) in [6.07, 6.45) is 6.79. The van der Waals surface area contributed by atoms with Crippen LogP contribution in [0.5, 0.6) is 0 Å². The van der Waals surface area contributed by atoms with E-state index >= 15 is 0 Å². The van der Waals surface area contributed by atoms with Crippen LogP contribution in [0.3, 0.4) is 0 Å². The molecule has 0 bridgehead atoms. The first kappa shape index (κ1) is 14.6. The molecule has 1 amide bonds. The van der Waals surface area contributed by atoms with E-state index in [2.05, 4.69) is 10.3 Å². The van der Waals surface area contributed by atoms with E-state index in [0.29, 0.717) is 24.0 Å². The van der Waals surface area contributed by atoms with Gasteiger partial charge in [-0.2, -0.15) is 0 Å². The monoisotopic (exact) mass is 320 g/mol. The first-order valence-corrected chi connectivity index (χ1v) is 9.33. The van der Waals surface area contributed by atoms with Crippen molar-refractivity contribution in [2.45, 2.75) is 58.1 Å². The minimum Gasteiger partial charge on any atom is -0.377 e. The Morgan fingerprint density at radius 2 is 2.05 bits per heavy atom. The number of carbonyl (C=O) groups is 1. The normalized spacial score (nSPS) is 34.5. The van der Waals surface area contributed by atoms with E-state index in [1.165, 1.54) is 37.0 Å². The summed E-state index contributed by atoms with van der Waals surface area (Å²) in [7, 11) is 0. The lowest BCUT2D eigenvalue weighted by Crippen LogP contribution is -2.63.